The van der Waals surface area contributed by atoms with Crippen molar-refractivity contribution < 1.29 is 4.79 Å². The highest BCUT2D eigenvalue weighted by atomic mass is 35.5. The van der Waals surface area contributed by atoms with E-state index in [1.54, 1.807) is 6.07 Å². The Morgan fingerprint density at radius 1 is 1.53 bits per heavy atom. The monoisotopic (exact) mass is 281 g/mol. The first-order chi connectivity index (χ1) is 8.98. The van der Waals surface area contributed by atoms with Crippen LogP contribution in [0.3, 0.4) is 0 Å². The molecular formula is C14H20ClN3O. The molecule has 0 saturated carbocycles. The predicted octanol–water partition coefficient (Wildman–Crippen LogP) is 1.93. The van der Waals surface area contributed by atoms with Gasteiger partial charge in [-0.25, -0.2) is 0 Å². The van der Waals surface area contributed by atoms with E-state index in [0.29, 0.717) is 11.6 Å². The quantitative estimate of drug-likeness (QED) is 0.790. The van der Waals surface area contributed by atoms with Crippen LogP contribution in [0.2, 0.25) is 5.02 Å². The Labute approximate surface area is 118 Å². The third-order valence-corrected chi connectivity index (χ3v) is 3.91. The highest BCUT2D eigenvalue weighted by Crippen LogP contribution is 2.20. The second-order valence-corrected chi connectivity index (χ2v) is 5.76. The van der Waals surface area contributed by atoms with Gasteiger partial charge in [-0.3, -0.25) is 4.79 Å². The maximum Gasteiger partial charge on any atom is 0.238 e. The van der Waals surface area contributed by atoms with Crippen LogP contribution in [0.1, 0.15) is 18.9 Å². The number of benzene rings is 1. The van der Waals surface area contributed by atoms with Crippen LogP contribution in [-0.2, 0) is 4.79 Å². The van der Waals surface area contributed by atoms with Gasteiger partial charge in [-0.05, 0) is 44.5 Å². The van der Waals surface area contributed by atoms with Gasteiger partial charge in [-0.2, -0.15) is 0 Å². The maximum atomic E-state index is 11.9. The van der Waals surface area contributed by atoms with E-state index in [4.69, 9.17) is 11.6 Å². The topological polar surface area (TPSA) is 53.2 Å². The number of amides is 1. The van der Waals surface area contributed by atoms with Crippen LogP contribution in [0, 0.1) is 6.92 Å². The van der Waals surface area contributed by atoms with Gasteiger partial charge < -0.3 is 16.0 Å². The summed E-state index contributed by atoms with van der Waals surface area (Å²) in [7, 11) is 0. The molecule has 104 valence electrons. The lowest BCUT2D eigenvalue weighted by Gasteiger charge is -2.24. The highest BCUT2D eigenvalue weighted by molar-refractivity contribution is 6.31. The highest BCUT2D eigenvalue weighted by Gasteiger charge is 2.28. The minimum absolute atomic E-state index is 0.0161. The van der Waals surface area contributed by atoms with Crippen molar-refractivity contribution in [3.8, 4) is 0 Å². The lowest BCUT2D eigenvalue weighted by Crippen LogP contribution is -2.47. The smallest absolute Gasteiger partial charge is 0.238 e. The minimum atomic E-state index is -0.0481. The molecule has 0 radical (unpaired) electrons. The molecule has 1 saturated heterocycles. The summed E-state index contributed by atoms with van der Waals surface area (Å²) in [6, 6.07) is 5.53. The van der Waals surface area contributed by atoms with Crippen molar-refractivity contribution in [3.63, 3.8) is 0 Å². The average molecular weight is 282 g/mol. The Kier molecular flexibility index (Phi) is 4.45. The van der Waals surface area contributed by atoms with Crippen molar-refractivity contribution in [1.29, 1.82) is 0 Å². The van der Waals surface area contributed by atoms with E-state index in [-0.39, 0.29) is 11.4 Å². The third kappa shape index (κ3) is 3.93. The molecule has 1 aliphatic rings. The largest absolute Gasteiger partial charge is 0.325 e. The van der Waals surface area contributed by atoms with Crippen LogP contribution in [0.4, 0.5) is 5.69 Å². The molecule has 0 aliphatic carbocycles. The second-order valence-electron chi connectivity index (χ2n) is 5.35. The van der Waals surface area contributed by atoms with Crippen LogP contribution in [0.5, 0.6) is 0 Å². The SMILES string of the molecule is Cc1ccc(NC(=O)CNC2(C)CCNC2)cc1Cl. The van der Waals surface area contributed by atoms with E-state index >= 15 is 0 Å². The number of anilines is 1. The summed E-state index contributed by atoms with van der Waals surface area (Å²) in [6.45, 7) is 6.27. The Morgan fingerprint density at radius 3 is 2.95 bits per heavy atom. The number of nitrogens with one attached hydrogen (secondary N) is 3. The second kappa shape index (κ2) is 5.90. The van der Waals surface area contributed by atoms with Gasteiger partial charge >= 0.3 is 0 Å². The summed E-state index contributed by atoms with van der Waals surface area (Å²) < 4.78 is 0. The zero-order valence-corrected chi connectivity index (χ0v) is 12.1. The van der Waals surface area contributed by atoms with E-state index in [1.165, 1.54) is 0 Å². The molecule has 0 spiro atoms. The number of halogens is 1. The van der Waals surface area contributed by atoms with Crippen LogP contribution < -0.4 is 16.0 Å². The van der Waals surface area contributed by atoms with E-state index in [0.717, 1.165) is 30.8 Å². The van der Waals surface area contributed by atoms with E-state index in [1.807, 2.05) is 19.1 Å². The van der Waals surface area contributed by atoms with Crippen molar-refractivity contribution in [2.75, 3.05) is 25.0 Å². The molecule has 1 aromatic rings. The van der Waals surface area contributed by atoms with Gasteiger partial charge in [0.25, 0.3) is 0 Å². The summed E-state index contributed by atoms with van der Waals surface area (Å²) in [4.78, 5) is 11.9. The molecule has 1 aromatic carbocycles. The van der Waals surface area contributed by atoms with Gasteiger partial charge in [0.1, 0.15) is 0 Å². The summed E-state index contributed by atoms with van der Waals surface area (Å²) in [5, 5.41) is 10.1. The molecule has 0 bridgehead atoms. The van der Waals surface area contributed by atoms with Crippen molar-refractivity contribution in [2.24, 2.45) is 0 Å². The van der Waals surface area contributed by atoms with Crippen molar-refractivity contribution in [3.05, 3.63) is 28.8 Å². The molecule has 5 heteroatoms. The van der Waals surface area contributed by atoms with E-state index < -0.39 is 0 Å². The molecule has 19 heavy (non-hydrogen) atoms. The summed E-state index contributed by atoms with van der Waals surface area (Å²) in [5.74, 6) is -0.0481. The van der Waals surface area contributed by atoms with Crippen LogP contribution in [-0.4, -0.2) is 31.1 Å². The maximum absolute atomic E-state index is 11.9. The average Bonchev–Trinajstić information content (AvgIpc) is 2.79. The predicted molar refractivity (Wildman–Crippen MR) is 78.7 cm³/mol. The Balaban J connectivity index is 1.85. The van der Waals surface area contributed by atoms with Crippen LogP contribution in [0.15, 0.2) is 18.2 Å². The molecule has 1 fully saturated rings. The first-order valence-electron chi connectivity index (χ1n) is 6.50. The first kappa shape index (κ1) is 14.3. The number of aryl methyl sites for hydroxylation is 1. The third-order valence-electron chi connectivity index (χ3n) is 3.50. The fourth-order valence-corrected chi connectivity index (χ4v) is 2.32. The molecule has 1 aliphatic heterocycles. The van der Waals surface area contributed by atoms with Crippen molar-refractivity contribution in [2.45, 2.75) is 25.8 Å². The van der Waals surface area contributed by atoms with E-state index in [2.05, 4.69) is 22.9 Å². The van der Waals surface area contributed by atoms with E-state index in [9.17, 15) is 4.79 Å². The minimum Gasteiger partial charge on any atom is -0.325 e. The molecule has 1 amide bonds. The lowest BCUT2D eigenvalue weighted by atomic mass is 10.0. The Hall–Kier alpha value is -1.10. The lowest BCUT2D eigenvalue weighted by molar-refractivity contribution is -0.115. The molecule has 1 atom stereocenters. The molecule has 3 N–H and O–H groups in total. The van der Waals surface area contributed by atoms with Gasteiger partial charge in [-0.15, -0.1) is 0 Å². The zero-order valence-electron chi connectivity index (χ0n) is 11.3. The molecule has 2 rings (SSSR count). The number of hydrogen-bond acceptors (Lipinski definition) is 3. The normalized spacial score (nSPS) is 22.5. The fourth-order valence-electron chi connectivity index (χ4n) is 2.14. The summed E-state index contributed by atoms with van der Waals surface area (Å²) in [6.07, 6.45) is 1.04. The Morgan fingerprint density at radius 2 is 2.32 bits per heavy atom. The number of carbonyl (C=O) groups is 1. The van der Waals surface area contributed by atoms with Crippen molar-refractivity contribution >= 4 is 23.2 Å². The number of rotatable bonds is 4. The Bertz CT molecular complexity index is 470. The summed E-state index contributed by atoms with van der Waals surface area (Å²) >= 11 is 6.02. The van der Waals surface area contributed by atoms with Crippen molar-refractivity contribution in [1.82, 2.24) is 10.6 Å². The summed E-state index contributed by atoms with van der Waals surface area (Å²) in [5.41, 5.74) is 1.75. The molecule has 1 heterocycles. The number of hydrogen-bond donors (Lipinski definition) is 3. The van der Waals surface area contributed by atoms with Gasteiger partial charge in [-0.1, -0.05) is 17.7 Å². The van der Waals surface area contributed by atoms with Gasteiger partial charge in [0.2, 0.25) is 5.91 Å². The van der Waals surface area contributed by atoms with Gasteiger partial charge in [0.05, 0.1) is 6.54 Å². The molecule has 1 unspecified atom stereocenters. The van der Waals surface area contributed by atoms with Gasteiger partial charge in [0.15, 0.2) is 0 Å². The first-order valence-corrected chi connectivity index (χ1v) is 6.88. The fraction of sp³-hybridized carbons (Fsp3) is 0.500. The van der Waals surface area contributed by atoms with Crippen LogP contribution in [0.25, 0.3) is 0 Å². The molecule has 4 nitrogen and oxygen atoms in total. The number of carbonyl (C=O) groups excluding carboxylic acids is 1. The molecular weight excluding hydrogens is 262 g/mol. The van der Waals surface area contributed by atoms with Gasteiger partial charge in [0, 0.05) is 22.8 Å². The van der Waals surface area contributed by atoms with Crippen LogP contribution >= 0.6 is 11.6 Å². The standard InChI is InChI=1S/C14H20ClN3O/c1-10-3-4-11(7-12(10)15)18-13(19)8-17-14(2)5-6-16-9-14/h3-4,7,16-17H,5-6,8-9H2,1-2H3,(H,18,19). The zero-order chi connectivity index (χ0) is 13.9. The molecule has 0 aromatic heterocycles.